The largest absolute Gasteiger partial charge is 0.469 e. The van der Waals surface area contributed by atoms with Crippen LogP contribution in [-0.4, -0.2) is 44.2 Å². The lowest BCUT2D eigenvalue weighted by Crippen LogP contribution is -2.42. The Labute approximate surface area is 225 Å². The van der Waals surface area contributed by atoms with E-state index in [1.165, 1.54) is 14.0 Å². The lowest BCUT2D eigenvalue weighted by molar-refractivity contribution is -0.148. The molecule has 0 spiro atoms. The summed E-state index contributed by atoms with van der Waals surface area (Å²) in [5.74, 6) is -0.789. The summed E-state index contributed by atoms with van der Waals surface area (Å²) in [7, 11) is 1.47. The van der Waals surface area contributed by atoms with E-state index in [9.17, 15) is 9.59 Å². The lowest BCUT2D eigenvalue weighted by Gasteiger charge is -2.31. The van der Waals surface area contributed by atoms with Crippen molar-refractivity contribution in [2.24, 2.45) is 0 Å². The highest BCUT2D eigenvalue weighted by atomic mass is 16.5. The highest BCUT2D eigenvalue weighted by Crippen LogP contribution is 2.33. The Bertz CT molecular complexity index is 1280. The quantitative estimate of drug-likeness (QED) is 0.397. The van der Waals surface area contributed by atoms with E-state index >= 15 is 0 Å². The molecule has 3 aromatic carbocycles. The minimum atomic E-state index is -0.329. The Morgan fingerprint density at radius 2 is 1.50 bits per heavy atom. The average molecular weight is 515 g/mol. The number of piperidine rings is 2. The third-order valence-electron chi connectivity index (χ3n) is 7.98. The van der Waals surface area contributed by atoms with Gasteiger partial charge in [0.05, 0.1) is 13.0 Å². The molecular formula is C32H38N2O4. The number of nitrogens with one attached hydrogen (secondary N) is 2. The summed E-state index contributed by atoms with van der Waals surface area (Å²) < 4.78 is 11.0. The third-order valence-corrected chi connectivity index (χ3v) is 7.98. The van der Waals surface area contributed by atoms with Crippen molar-refractivity contribution in [3.8, 4) is 11.1 Å². The fourth-order valence-electron chi connectivity index (χ4n) is 6.05. The molecule has 0 saturated carbocycles. The number of fused-ring (bicyclic) bond motifs is 1. The van der Waals surface area contributed by atoms with Gasteiger partial charge in [-0.05, 0) is 83.9 Å². The van der Waals surface area contributed by atoms with Crippen molar-refractivity contribution in [1.29, 1.82) is 0 Å². The number of rotatable bonds is 7. The SMILES string of the molecule is COC(=O)[C@H](c1ccc2ccc(-c3cccc([C@@H](OC(C)=O)[C@H]4CCCCN4)c3)cc2c1)[C@@H]1CCCCN1. The number of methoxy groups -OCH3 is 1. The van der Waals surface area contributed by atoms with Gasteiger partial charge in [0.25, 0.3) is 0 Å². The molecule has 2 heterocycles. The molecule has 3 aromatic rings. The number of esters is 2. The van der Waals surface area contributed by atoms with Crippen LogP contribution in [0.2, 0.25) is 0 Å². The van der Waals surface area contributed by atoms with E-state index < -0.39 is 0 Å². The molecule has 0 aliphatic carbocycles. The second-order valence-electron chi connectivity index (χ2n) is 10.6. The molecule has 5 rings (SSSR count). The van der Waals surface area contributed by atoms with Gasteiger partial charge in [-0.1, -0.05) is 61.4 Å². The Kier molecular flexibility index (Phi) is 8.40. The molecule has 200 valence electrons. The molecule has 2 saturated heterocycles. The van der Waals surface area contributed by atoms with Gasteiger partial charge in [-0.15, -0.1) is 0 Å². The highest BCUT2D eigenvalue weighted by Gasteiger charge is 2.32. The molecule has 2 aliphatic rings. The van der Waals surface area contributed by atoms with E-state index in [4.69, 9.17) is 9.47 Å². The predicted molar refractivity (Wildman–Crippen MR) is 150 cm³/mol. The molecule has 0 unspecified atom stereocenters. The predicted octanol–water partition coefficient (Wildman–Crippen LogP) is 5.65. The van der Waals surface area contributed by atoms with E-state index in [0.717, 1.165) is 84.6 Å². The van der Waals surface area contributed by atoms with Gasteiger partial charge in [0, 0.05) is 19.0 Å². The first-order valence-corrected chi connectivity index (χ1v) is 13.9. The smallest absolute Gasteiger partial charge is 0.314 e. The van der Waals surface area contributed by atoms with Gasteiger partial charge >= 0.3 is 11.9 Å². The van der Waals surface area contributed by atoms with Crippen LogP contribution in [-0.2, 0) is 19.1 Å². The Morgan fingerprint density at radius 3 is 2.18 bits per heavy atom. The van der Waals surface area contributed by atoms with Crippen molar-refractivity contribution >= 4 is 22.7 Å². The topological polar surface area (TPSA) is 76.7 Å². The minimum absolute atomic E-state index is 0.0834. The second kappa shape index (κ2) is 12.1. The van der Waals surface area contributed by atoms with Gasteiger partial charge in [-0.25, -0.2) is 0 Å². The van der Waals surface area contributed by atoms with E-state index in [0.29, 0.717) is 0 Å². The van der Waals surface area contributed by atoms with Crippen LogP contribution in [0, 0.1) is 0 Å². The summed E-state index contributed by atoms with van der Waals surface area (Å²) in [6.45, 7) is 3.35. The van der Waals surface area contributed by atoms with Crippen molar-refractivity contribution in [2.45, 2.75) is 69.6 Å². The van der Waals surface area contributed by atoms with Gasteiger partial charge in [-0.3, -0.25) is 9.59 Å². The minimum Gasteiger partial charge on any atom is -0.469 e. The zero-order chi connectivity index (χ0) is 26.5. The zero-order valence-corrected chi connectivity index (χ0v) is 22.4. The van der Waals surface area contributed by atoms with Crippen molar-refractivity contribution in [1.82, 2.24) is 10.6 Å². The molecule has 6 heteroatoms. The molecule has 2 fully saturated rings. The summed E-state index contributed by atoms with van der Waals surface area (Å²) in [6, 6.07) is 21.2. The molecule has 6 nitrogen and oxygen atoms in total. The molecule has 4 atom stereocenters. The molecular weight excluding hydrogens is 476 g/mol. The summed E-state index contributed by atoms with van der Waals surface area (Å²) in [5, 5.41) is 9.28. The average Bonchev–Trinajstić information content (AvgIpc) is 2.96. The lowest BCUT2D eigenvalue weighted by atomic mass is 9.85. The number of hydrogen-bond donors (Lipinski definition) is 2. The maximum Gasteiger partial charge on any atom is 0.314 e. The van der Waals surface area contributed by atoms with Crippen LogP contribution >= 0.6 is 0 Å². The van der Waals surface area contributed by atoms with E-state index in [1.54, 1.807) is 0 Å². The van der Waals surface area contributed by atoms with Crippen LogP contribution in [0.1, 0.15) is 68.6 Å². The fourth-order valence-corrected chi connectivity index (χ4v) is 6.05. The van der Waals surface area contributed by atoms with Gasteiger partial charge < -0.3 is 20.1 Å². The van der Waals surface area contributed by atoms with Crippen LogP contribution in [0.25, 0.3) is 21.9 Å². The van der Waals surface area contributed by atoms with Crippen LogP contribution in [0.15, 0.2) is 60.7 Å². The monoisotopic (exact) mass is 514 g/mol. The molecule has 0 aromatic heterocycles. The molecule has 0 bridgehead atoms. The second-order valence-corrected chi connectivity index (χ2v) is 10.6. The van der Waals surface area contributed by atoms with E-state index in [1.807, 2.05) is 12.1 Å². The van der Waals surface area contributed by atoms with Gasteiger partial charge in [0.1, 0.15) is 6.10 Å². The Balaban J connectivity index is 1.48. The molecule has 0 radical (unpaired) electrons. The first-order chi connectivity index (χ1) is 18.5. The van der Waals surface area contributed by atoms with Crippen LogP contribution in [0.3, 0.4) is 0 Å². The van der Waals surface area contributed by atoms with Crippen molar-refractivity contribution in [2.75, 3.05) is 20.2 Å². The molecule has 0 amide bonds. The third kappa shape index (κ3) is 5.92. The first-order valence-electron chi connectivity index (χ1n) is 13.9. The fraction of sp³-hybridized carbons (Fsp3) is 0.438. The van der Waals surface area contributed by atoms with Crippen LogP contribution in [0.4, 0.5) is 0 Å². The summed E-state index contributed by atoms with van der Waals surface area (Å²) in [5.41, 5.74) is 4.13. The van der Waals surface area contributed by atoms with Crippen LogP contribution < -0.4 is 10.6 Å². The molecule has 2 N–H and O–H groups in total. The number of benzene rings is 3. The number of hydrogen-bond acceptors (Lipinski definition) is 6. The van der Waals surface area contributed by atoms with Crippen molar-refractivity contribution in [3.05, 3.63) is 71.8 Å². The number of ether oxygens (including phenoxy) is 2. The summed E-state index contributed by atoms with van der Waals surface area (Å²) >= 11 is 0. The van der Waals surface area contributed by atoms with E-state index in [2.05, 4.69) is 59.2 Å². The maximum absolute atomic E-state index is 12.8. The summed E-state index contributed by atoms with van der Waals surface area (Å²) in [4.78, 5) is 24.8. The first kappa shape index (κ1) is 26.4. The maximum atomic E-state index is 12.8. The van der Waals surface area contributed by atoms with Crippen molar-refractivity contribution in [3.63, 3.8) is 0 Å². The van der Waals surface area contributed by atoms with Gasteiger partial charge in [0.15, 0.2) is 0 Å². The Hall–Kier alpha value is -3.22. The van der Waals surface area contributed by atoms with Gasteiger partial charge in [-0.2, -0.15) is 0 Å². The number of carbonyl (C=O) groups excluding carboxylic acids is 2. The van der Waals surface area contributed by atoms with Crippen LogP contribution in [0.5, 0.6) is 0 Å². The Morgan fingerprint density at radius 1 is 0.789 bits per heavy atom. The number of carbonyl (C=O) groups is 2. The van der Waals surface area contributed by atoms with Gasteiger partial charge in [0.2, 0.25) is 0 Å². The van der Waals surface area contributed by atoms with E-state index in [-0.39, 0.29) is 36.0 Å². The normalized spacial score (nSPS) is 21.4. The van der Waals surface area contributed by atoms with Crippen molar-refractivity contribution < 1.29 is 19.1 Å². The molecule has 38 heavy (non-hydrogen) atoms. The highest BCUT2D eigenvalue weighted by molar-refractivity contribution is 5.89. The molecule has 2 aliphatic heterocycles. The zero-order valence-electron chi connectivity index (χ0n) is 22.4. The standard InChI is InChI=1S/C32H38N2O4/c1-21(35)38-31(29-11-4-6-17-34-29)26-9-7-8-23(18-26)24-14-12-22-13-15-25(20-27(22)19-24)30(32(36)37-2)28-10-3-5-16-33-28/h7-9,12-15,18-20,28-31,33-34H,3-6,10-11,16-17H2,1-2H3/t28-,29+,30+,31+/m0/s1. The summed E-state index contributed by atoms with van der Waals surface area (Å²) in [6.07, 6.45) is 6.16.